The maximum Gasteiger partial charge on any atom is 0.184 e. The van der Waals surface area contributed by atoms with E-state index in [4.69, 9.17) is 5.73 Å². The van der Waals surface area contributed by atoms with Crippen LogP contribution in [-0.2, 0) is 13.1 Å². The molecule has 0 aliphatic rings. The molecule has 2 N–H and O–H groups in total. The first kappa shape index (κ1) is 11.4. The van der Waals surface area contributed by atoms with E-state index < -0.39 is 0 Å². The Bertz CT molecular complexity index is 521. The van der Waals surface area contributed by atoms with Crippen LogP contribution in [0, 0.1) is 5.82 Å². The lowest BCUT2D eigenvalue weighted by atomic mass is 10.1. The molecule has 0 spiro atoms. The van der Waals surface area contributed by atoms with Crippen molar-refractivity contribution < 1.29 is 9.18 Å². The largest absolute Gasteiger partial charge is 0.325 e. The maximum absolute atomic E-state index is 12.7. The number of hydrogen-bond acceptors (Lipinski definition) is 4. The monoisotopic (exact) mass is 234 g/mol. The molecule has 0 atom stereocenters. The number of ketones is 1. The molecule has 0 unspecified atom stereocenters. The Kier molecular flexibility index (Phi) is 3.24. The Morgan fingerprint density at radius 3 is 2.65 bits per heavy atom. The van der Waals surface area contributed by atoms with Gasteiger partial charge in [0.25, 0.3) is 0 Å². The molecule has 1 heterocycles. The van der Waals surface area contributed by atoms with Crippen LogP contribution in [-0.4, -0.2) is 20.8 Å². The summed E-state index contributed by atoms with van der Waals surface area (Å²) in [4.78, 5) is 11.8. The molecule has 6 heteroatoms. The standard InChI is InChI=1S/C11H11FN4O/c12-9-3-1-8(2-4-9)11(17)7-16-6-10(5-13)14-15-16/h1-4,6H,5,7,13H2. The zero-order valence-corrected chi connectivity index (χ0v) is 9.01. The minimum absolute atomic E-state index is 0.0681. The van der Waals surface area contributed by atoms with Crippen molar-refractivity contribution in [3.63, 3.8) is 0 Å². The minimum atomic E-state index is -0.368. The zero-order valence-electron chi connectivity index (χ0n) is 9.01. The fourth-order valence-corrected chi connectivity index (χ4v) is 1.38. The molecule has 0 amide bonds. The average molecular weight is 234 g/mol. The van der Waals surface area contributed by atoms with Crippen molar-refractivity contribution >= 4 is 5.78 Å². The Hall–Kier alpha value is -2.08. The summed E-state index contributed by atoms with van der Waals surface area (Å²) >= 11 is 0. The summed E-state index contributed by atoms with van der Waals surface area (Å²) in [5.41, 5.74) is 6.44. The van der Waals surface area contributed by atoms with Gasteiger partial charge in [-0.2, -0.15) is 0 Å². The van der Waals surface area contributed by atoms with Crippen LogP contribution in [0.1, 0.15) is 16.1 Å². The van der Waals surface area contributed by atoms with E-state index in [1.165, 1.54) is 28.9 Å². The van der Waals surface area contributed by atoms with Gasteiger partial charge in [-0.25, -0.2) is 9.07 Å². The molecular weight excluding hydrogens is 223 g/mol. The van der Waals surface area contributed by atoms with Crippen LogP contribution in [0.2, 0.25) is 0 Å². The van der Waals surface area contributed by atoms with Crippen molar-refractivity contribution in [1.82, 2.24) is 15.0 Å². The lowest BCUT2D eigenvalue weighted by Gasteiger charge is -2.00. The second-order valence-electron chi connectivity index (χ2n) is 3.54. The Balaban J connectivity index is 2.08. The van der Waals surface area contributed by atoms with E-state index in [1.54, 1.807) is 6.20 Å². The molecule has 0 radical (unpaired) electrons. The lowest BCUT2D eigenvalue weighted by molar-refractivity contribution is 0.0967. The normalized spacial score (nSPS) is 10.5. The first-order chi connectivity index (χ1) is 8.19. The summed E-state index contributed by atoms with van der Waals surface area (Å²) in [5.74, 6) is -0.522. The van der Waals surface area contributed by atoms with E-state index in [0.29, 0.717) is 11.3 Å². The number of carbonyl (C=O) groups is 1. The Morgan fingerprint density at radius 2 is 2.06 bits per heavy atom. The molecular formula is C11H11FN4O. The number of carbonyl (C=O) groups excluding carboxylic acids is 1. The van der Waals surface area contributed by atoms with Gasteiger partial charge in [-0.15, -0.1) is 5.10 Å². The fraction of sp³-hybridized carbons (Fsp3) is 0.182. The van der Waals surface area contributed by atoms with Crippen LogP contribution in [0.3, 0.4) is 0 Å². The smallest absolute Gasteiger partial charge is 0.184 e. The molecule has 88 valence electrons. The van der Waals surface area contributed by atoms with Crippen molar-refractivity contribution in [3.05, 3.63) is 47.5 Å². The minimum Gasteiger partial charge on any atom is -0.325 e. The maximum atomic E-state index is 12.7. The van der Waals surface area contributed by atoms with E-state index in [9.17, 15) is 9.18 Å². The summed E-state index contributed by atoms with van der Waals surface area (Å²) < 4.78 is 14.1. The quantitative estimate of drug-likeness (QED) is 0.792. The number of benzene rings is 1. The molecule has 2 aromatic rings. The van der Waals surface area contributed by atoms with E-state index in [-0.39, 0.29) is 24.7 Å². The summed E-state index contributed by atoms with van der Waals surface area (Å²) in [5, 5.41) is 7.53. The Labute approximate surface area is 97.0 Å². The van der Waals surface area contributed by atoms with Crippen LogP contribution in [0.5, 0.6) is 0 Å². The third-order valence-corrected chi connectivity index (χ3v) is 2.27. The predicted octanol–water partition coefficient (Wildman–Crippen LogP) is 0.759. The summed E-state index contributed by atoms with van der Waals surface area (Å²) in [6.45, 7) is 0.351. The van der Waals surface area contributed by atoms with Gasteiger partial charge in [-0.1, -0.05) is 5.21 Å². The van der Waals surface area contributed by atoms with Gasteiger partial charge in [-0.3, -0.25) is 4.79 Å². The lowest BCUT2D eigenvalue weighted by Crippen LogP contribution is -2.11. The molecule has 0 bridgehead atoms. The third-order valence-electron chi connectivity index (χ3n) is 2.27. The van der Waals surface area contributed by atoms with Gasteiger partial charge in [0, 0.05) is 12.1 Å². The molecule has 0 aliphatic heterocycles. The van der Waals surface area contributed by atoms with E-state index in [1.807, 2.05) is 0 Å². The topological polar surface area (TPSA) is 73.8 Å². The van der Waals surface area contributed by atoms with Crippen molar-refractivity contribution in [3.8, 4) is 0 Å². The fourth-order valence-electron chi connectivity index (χ4n) is 1.38. The Morgan fingerprint density at radius 1 is 1.35 bits per heavy atom. The number of aromatic nitrogens is 3. The number of rotatable bonds is 4. The van der Waals surface area contributed by atoms with Gasteiger partial charge in [0.2, 0.25) is 0 Å². The van der Waals surface area contributed by atoms with Crippen LogP contribution in [0.4, 0.5) is 4.39 Å². The average Bonchev–Trinajstić information content (AvgIpc) is 2.77. The van der Waals surface area contributed by atoms with Crippen LogP contribution in [0.25, 0.3) is 0 Å². The first-order valence-electron chi connectivity index (χ1n) is 5.07. The molecule has 2 rings (SSSR count). The van der Waals surface area contributed by atoms with Crippen molar-refractivity contribution in [2.24, 2.45) is 5.73 Å². The van der Waals surface area contributed by atoms with Crippen molar-refractivity contribution in [2.75, 3.05) is 0 Å². The second-order valence-corrected chi connectivity index (χ2v) is 3.54. The molecule has 0 saturated heterocycles. The highest BCUT2D eigenvalue weighted by Crippen LogP contribution is 2.05. The highest BCUT2D eigenvalue weighted by Gasteiger charge is 2.08. The van der Waals surface area contributed by atoms with Gasteiger partial charge in [0.1, 0.15) is 12.4 Å². The van der Waals surface area contributed by atoms with Gasteiger partial charge < -0.3 is 5.73 Å². The predicted molar refractivity (Wildman–Crippen MR) is 58.6 cm³/mol. The highest BCUT2D eigenvalue weighted by molar-refractivity contribution is 5.95. The molecule has 1 aromatic heterocycles. The van der Waals surface area contributed by atoms with E-state index in [0.717, 1.165) is 0 Å². The van der Waals surface area contributed by atoms with Crippen LogP contribution < -0.4 is 5.73 Å². The van der Waals surface area contributed by atoms with Crippen molar-refractivity contribution in [2.45, 2.75) is 13.1 Å². The summed E-state index contributed by atoms with van der Waals surface area (Å²) in [6, 6.07) is 5.39. The second kappa shape index (κ2) is 4.84. The van der Waals surface area contributed by atoms with E-state index in [2.05, 4.69) is 10.3 Å². The zero-order chi connectivity index (χ0) is 12.3. The number of halogens is 1. The van der Waals surface area contributed by atoms with Gasteiger partial charge in [-0.05, 0) is 24.3 Å². The number of nitrogens with two attached hydrogens (primary N) is 1. The molecule has 0 saturated carbocycles. The molecule has 1 aromatic carbocycles. The van der Waals surface area contributed by atoms with Gasteiger partial charge in [0.15, 0.2) is 5.78 Å². The van der Waals surface area contributed by atoms with Crippen LogP contribution in [0.15, 0.2) is 30.5 Å². The van der Waals surface area contributed by atoms with E-state index >= 15 is 0 Å². The first-order valence-corrected chi connectivity index (χ1v) is 5.07. The molecule has 0 fully saturated rings. The number of hydrogen-bond donors (Lipinski definition) is 1. The molecule has 5 nitrogen and oxygen atoms in total. The highest BCUT2D eigenvalue weighted by atomic mass is 19.1. The molecule has 0 aliphatic carbocycles. The van der Waals surface area contributed by atoms with Gasteiger partial charge >= 0.3 is 0 Å². The van der Waals surface area contributed by atoms with Crippen LogP contribution >= 0.6 is 0 Å². The summed E-state index contributed by atoms with van der Waals surface area (Å²) in [7, 11) is 0. The van der Waals surface area contributed by atoms with Gasteiger partial charge in [0.05, 0.1) is 11.9 Å². The summed E-state index contributed by atoms with van der Waals surface area (Å²) in [6.07, 6.45) is 1.61. The SMILES string of the molecule is NCc1cn(CC(=O)c2ccc(F)cc2)nn1. The van der Waals surface area contributed by atoms with Crippen molar-refractivity contribution in [1.29, 1.82) is 0 Å². The number of Topliss-reactive ketones (excluding diaryl/α,β-unsaturated/α-hetero) is 1. The number of nitrogens with zero attached hydrogens (tertiary/aromatic N) is 3. The molecule has 17 heavy (non-hydrogen) atoms. The third kappa shape index (κ3) is 2.73.